The summed E-state index contributed by atoms with van der Waals surface area (Å²) >= 11 is 5.97. The number of hydrogen-bond donors (Lipinski definition) is 0. The van der Waals surface area contributed by atoms with E-state index in [0.717, 1.165) is 18.0 Å². The number of benzene rings is 2. The van der Waals surface area contributed by atoms with Gasteiger partial charge in [-0.15, -0.1) is 0 Å². The van der Waals surface area contributed by atoms with E-state index in [-0.39, 0.29) is 6.23 Å². The van der Waals surface area contributed by atoms with Gasteiger partial charge in [0.2, 0.25) is 0 Å². The molecule has 0 aromatic heterocycles. The molecule has 0 N–H and O–H groups in total. The van der Waals surface area contributed by atoms with Crippen molar-refractivity contribution < 1.29 is 4.74 Å². The van der Waals surface area contributed by atoms with Crippen molar-refractivity contribution in [2.45, 2.75) is 20.1 Å². The number of anilines is 1. The summed E-state index contributed by atoms with van der Waals surface area (Å²) in [5, 5.41) is 0.687. The SMILES string of the molecule is CCN(c1ccccc1)C(C)Oc1cccc(Cl)c1. The largest absolute Gasteiger partial charge is 0.471 e. The molecule has 0 amide bonds. The van der Waals surface area contributed by atoms with Gasteiger partial charge in [0.25, 0.3) is 0 Å². The number of nitrogens with zero attached hydrogens (tertiary/aromatic N) is 1. The first-order valence-corrected chi connectivity index (χ1v) is 6.82. The van der Waals surface area contributed by atoms with Gasteiger partial charge in [-0.1, -0.05) is 35.9 Å². The lowest BCUT2D eigenvalue weighted by molar-refractivity contribution is 0.216. The fourth-order valence-corrected chi connectivity index (χ4v) is 2.25. The minimum Gasteiger partial charge on any atom is -0.471 e. The molecule has 3 heteroatoms. The van der Waals surface area contributed by atoms with Crippen LogP contribution in [-0.2, 0) is 0 Å². The van der Waals surface area contributed by atoms with Gasteiger partial charge in [0.05, 0.1) is 0 Å². The molecule has 2 rings (SSSR count). The maximum atomic E-state index is 5.97. The zero-order valence-electron chi connectivity index (χ0n) is 11.2. The molecule has 0 aliphatic heterocycles. The van der Waals surface area contributed by atoms with Gasteiger partial charge in [0.15, 0.2) is 6.23 Å². The van der Waals surface area contributed by atoms with Gasteiger partial charge in [-0.2, -0.15) is 0 Å². The van der Waals surface area contributed by atoms with E-state index in [1.54, 1.807) is 0 Å². The van der Waals surface area contributed by atoms with E-state index in [4.69, 9.17) is 16.3 Å². The smallest absolute Gasteiger partial charge is 0.169 e. The van der Waals surface area contributed by atoms with E-state index in [9.17, 15) is 0 Å². The second kappa shape index (κ2) is 6.48. The fourth-order valence-electron chi connectivity index (χ4n) is 2.07. The Labute approximate surface area is 119 Å². The van der Waals surface area contributed by atoms with Crippen molar-refractivity contribution in [3.05, 3.63) is 59.6 Å². The molecule has 0 bridgehead atoms. The minimum atomic E-state index is -0.0501. The summed E-state index contributed by atoms with van der Waals surface area (Å²) in [6, 6.07) is 17.7. The summed E-state index contributed by atoms with van der Waals surface area (Å²) in [5.74, 6) is 0.786. The summed E-state index contributed by atoms with van der Waals surface area (Å²) in [6.07, 6.45) is -0.0501. The summed E-state index contributed by atoms with van der Waals surface area (Å²) < 4.78 is 5.94. The monoisotopic (exact) mass is 275 g/mol. The molecule has 0 spiro atoms. The van der Waals surface area contributed by atoms with Crippen LogP contribution in [0.3, 0.4) is 0 Å². The van der Waals surface area contributed by atoms with Crippen molar-refractivity contribution in [3.8, 4) is 5.75 Å². The molecule has 2 aromatic rings. The van der Waals surface area contributed by atoms with E-state index in [0.29, 0.717) is 5.02 Å². The normalized spacial score (nSPS) is 11.9. The highest BCUT2D eigenvalue weighted by atomic mass is 35.5. The summed E-state index contributed by atoms with van der Waals surface area (Å²) in [4.78, 5) is 2.20. The van der Waals surface area contributed by atoms with Crippen molar-refractivity contribution >= 4 is 17.3 Å². The Balaban J connectivity index is 2.11. The van der Waals surface area contributed by atoms with E-state index in [2.05, 4.69) is 24.0 Å². The first kappa shape index (κ1) is 13.8. The van der Waals surface area contributed by atoms with Gasteiger partial charge in [0, 0.05) is 17.3 Å². The minimum absolute atomic E-state index is 0.0501. The number of halogens is 1. The standard InChI is InChI=1S/C16H18ClNO/c1-3-18(15-9-5-4-6-10-15)13(2)19-16-11-7-8-14(17)12-16/h4-13H,3H2,1-2H3. The van der Waals surface area contributed by atoms with Crippen molar-refractivity contribution in [2.75, 3.05) is 11.4 Å². The molecule has 19 heavy (non-hydrogen) atoms. The third-order valence-electron chi connectivity index (χ3n) is 2.97. The van der Waals surface area contributed by atoms with Gasteiger partial charge < -0.3 is 9.64 Å². The third kappa shape index (κ3) is 3.65. The molecule has 1 atom stereocenters. The van der Waals surface area contributed by atoms with Crippen molar-refractivity contribution in [3.63, 3.8) is 0 Å². The maximum absolute atomic E-state index is 5.97. The molecule has 0 radical (unpaired) electrons. The van der Waals surface area contributed by atoms with Gasteiger partial charge >= 0.3 is 0 Å². The Morgan fingerprint density at radius 3 is 2.47 bits per heavy atom. The molecular weight excluding hydrogens is 258 g/mol. The van der Waals surface area contributed by atoms with Crippen LogP contribution in [0.25, 0.3) is 0 Å². The molecule has 0 fully saturated rings. The highest BCUT2D eigenvalue weighted by Crippen LogP contribution is 2.22. The zero-order chi connectivity index (χ0) is 13.7. The number of ether oxygens (including phenoxy) is 1. The van der Waals surface area contributed by atoms with Crippen LogP contribution in [0.4, 0.5) is 5.69 Å². The molecule has 1 unspecified atom stereocenters. The van der Waals surface area contributed by atoms with Crippen LogP contribution in [0, 0.1) is 0 Å². The van der Waals surface area contributed by atoms with Gasteiger partial charge in [0.1, 0.15) is 5.75 Å². The maximum Gasteiger partial charge on any atom is 0.169 e. The molecule has 0 saturated carbocycles. The molecule has 2 aromatic carbocycles. The van der Waals surface area contributed by atoms with Crippen molar-refractivity contribution in [2.24, 2.45) is 0 Å². The van der Waals surface area contributed by atoms with E-state index in [1.807, 2.05) is 49.4 Å². The number of rotatable bonds is 5. The number of hydrogen-bond acceptors (Lipinski definition) is 2. The van der Waals surface area contributed by atoms with E-state index < -0.39 is 0 Å². The average Bonchev–Trinajstić information content (AvgIpc) is 2.41. The Morgan fingerprint density at radius 2 is 1.84 bits per heavy atom. The summed E-state index contributed by atoms with van der Waals surface area (Å²) in [6.45, 7) is 5.04. The lowest BCUT2D eigenvalue weighted by Crippen LogP contribution is -2.37. The Morgan fingerprint density at radius 1 is 1.11 bits per heavy atom. The third-order valence-corrected chi connectivity index (χ3v) is 3.21. The average molecular weight is 276 g/mol. The van der Waals surface area contributed by atoms with Crippen molar-refractivity contribution in [1.82, 2.24) is 0 Å². The predicted molar refractivity (Wildman–Crippen MR) is 81.0 cm³/mol. The van der Waals surface area contributed by atoms with E-state index in [1.165, 1.54) is 0 Å². The van der Waals surface area contributed by atoms with Crippen LogP contribution in [0.5, 0.6) is 5.75 Å². The van der Waals surface area contributed by atoms with E-state index >= 15 is 0 Å². The topological polar surface area (TPSA) is 12.5 Å². The van der Waals surface area contributed by atoms with Crippen molar-refractivity contribution in [1.29, 1.82) is 0 Å². The molecule has 0 saturated heterocycles. The summed E-state index contributed by atoms with van der Waals surface area (Å²) in [7, 11) is 0. The zero-order valence-corrected chi connectivity index (χ0v) is 12.0. The second-order valence-electron chi connectivity index (χ2n) is 4.30. The molecule has 2 nitrogen and oxygen atoms in total. The van der Waals surface area contributed by atoms with Gasteiger partial charge in [-0.05, 0) is 44.2 Å². The highest BCUT2D eigenvalue weighted by Gasteiger charge is 2.13. The molecule has 0 heterocycles. The lowest BCUT2D eigenvalue weighted by Gasteiger charge is -2.30. The summed E-state index contributed by atoms with van der Waals surface area (Å²) in [5.41, 5.74) is 1.15. The Bertz CT molecular complexity index is 515. The van der Waals surface area contributed by atoms with Crippen LogP contribution in [0.2, 0.25) is 5.02 Å². The Kier molecular flexibility index (Phi) is 4.69. The molecular formula is C16H18ClNO. The molecule has 0 aliphatic rings. The predicted octanol–water partition coefficient (Wildman–Crippen LogP) is 4.59. The lowest BCUT2D eigenvalue weighted by atomic mass is 10.3. The first-order chi connectivity index (χ1) is 9.20. The van der Waals surface area contributed by atoms with Crippen LogP contribution in [0.1, 0.15) is 13.8 Å². The fraction of sp³-hybridized carbons (Fsp3) is 0.250. The van der Waals surface area contributed by atoms with Crippen LogP contribution < -0.4 is 9.64 Å². The number of para-hydroxylation sites is 1. The second-order valence-corrected chi connectivity index (χ2v) is 4.73. The Hall–Kier alpha value is -1.67. The quantitative estimate of drug-likeness (QED) is 0.740. The molecule has 100 valence electrons. The van der Waals surface area contributed by atoms with Gasteiger partial charge in [-0.3, -0.25) is 0 Å². The highest BCUT2D eigenvalue weighted by molar-refractivity contribution is 6.30. The molecule has 0 aliphatic carbocycles. The van der Waals surface area contributed by atoms with Crippen LogP contribution in [0.15, 0.2) is 54.6 Å². The van der Waals surface area contributed by atoms with Gasteiger partial charge in [-0.25, -0.2) is 0 Å². The van der Waals surface area contributed by atoms with Crippen LogP contribution >= 0.6 is 11.6 Å². The first-order valence-electron chi connectivity index (χ1n) is 6.44. The van der Waals surface area contributed by atoms with Crippen LogP contribution in [-0.4, -0.2) is 12.8 Å².